The van der Waals surface area contributed by atoms with Crippen molar-refractivity contribution in [3.63, 3.8) is 0 Å². The van der Waals surface area contributed by atoms with Crippen LogP contribution < -0.4 is 0 Å². The molecule has 0 bridgehead atoms. The van der Waals surface area contributed by atoms with Crippen molar-refractivity contribution in [1.29, 1.82) is 0 Å². The van der Waals surface area contributed by atoms with Crippen LogP contribution in [-0.2, 0) is 0 Å². The summed E-state index contributed by atoms with van der Waals surface area (Å²) in [4.78, 5) is 0. The number of fused-ring (bicyclic) bond motifs is 5. The summed E-state index contributed by atoms with van der Waals surface area (Å²) in [6.45, 7) is 6.84. The molecule has 2 heteroatoms. The highest BCUT2D eigenvalue weighted by Crippen LogP contribution is 2.64. The Morgan fingerprint density at radius 1 is 1.14 bits per heavy atom. The molecule has 0 aromatic carbocycles. The fraction of sp³-hybridized carbons (Fsp3) is 0.769. The molecule has 0 unspecified atom stereocenters. The monoisotopic (exact) mass is 380 g/mol. The van der Waals surface area contributed by atoms with E-state index in [9.17, 15) is 10.2 Å². The summed E-state index contributed by atoms with van der Waals surface area (Å²) in [5, 5.41) is 20.7. The first-order valence-corrected chi connectivity index (χ1v) is 11.7. The van der Waals surface area contributed by atoms with Gasteiger partial charge in [0.1, 0.15) is 5.60 Å². The maximum Gasteiger partial charge on any atom is 0.129 e. The van der Waals surface area contributed by atoms with Crippen molar-refractivity contribution < 1.29 is 10.2 Å². The Labute approximate surface area is 170 Å². The van der Waals surface area contributed by atoms with Crippen LogP contribution in [-0.4, -0.2) is 22.4 Å². The van der Waals surface area contributed by atoms with Crippen LogP contribution in [0.1, 0.15) is 71.1 Å². The quantitative estimate of drug-likeness (QED) is 0.530. The lowest BCUT2D eigenvalue weighted by atomic mass is 9.51. The summed E-state index contributed by atoms with van der Waals surface area (Å²) in [7, 11) is 0. The molecule has 2 nitrogen and oxygen atoms in total. The van der Waals surface area contributed by atoms with E-state index in [1.54, 1.807) is 0 Å². The number of rotatable bonds is 2. The largest absolute Gasteiger partial charge is 0.392 e. The SMILES string of the molecule is C=C(CO)[C@H]1CC[C@H]2[C@@H]3CC=C4C[C@@](O)(C#CC5CC5)CC[C@@H]4[C@H]3CC[C@]12C. The Kier molecular flexibility index (Phi) is 4.57. The van der Waals surface area contributed by atoms with E-state index in [2.05, 4.69) is 31.4 Å². The zero-order valence-corrected chi connectivity index (χ0v) is 17.4. The number of hydrogen-bond acceptors (Lipinski definition) is 2. The van der Waals surface area contributed by atoms with Gasteiger partial charge in [0.15, 0.2) is 0 Å². The highest BCUT2D eigenvalue weighted by atomic mass is 16.3. The summed E-state index contributed by atoms with van der Waals surface area (Å²) in [6.07, 6.45) is 14.0. The van der Waals surface area contributed by atoms with E-state index in [1.165, 1.54) is 50.5 Å². The third-order valence-electron chi connectivity index (χ3n) is 9.29. The van der Waals surface area contributed by atoms with Gasteiger partial charge in [-0.05, 0) is 98.4 Å². The first kappa shape index (κ1) is 19.0. The van der Waals surface area contributed by atoms with Crippen molar-refractivity contribution in [2.45, 2.75) is 76.7 Å². The molecular weight excluding hydrogens is 344 g/mol. The van der Waals surface area contributed by atoms with Gasteiger partial charge >= 0.3 is 0 Å². The molecule has 0 spiro atoms. The molecule has 4 fully saturated rings. The van der Waals surface area contributed by atoms with Gasteiger partial charge in [0.2, 0.25) is 0 Å². The normalized spacial score (nSPS) is 47.1. The van der Waals surface area contributed by atoms with E-state index >= 15 is 0 Å². The molecule has 0 saturated heterocycles. The van der Waals surface area contributed by atoms with Gasteiger partial charge in [-0.1, -0.05) is 37.0 Å². The van der Waals surface area contributed by atoms with Crippen molar-refractivity contribution in [2.75, 3.05) is 6.61 Å². The smallest absolute Gasteiger partial charge is 0.129 e. The van der Waals surface area contributed by atoms with Gasteiger partial charge in [-0.2, -0.15) is 0 Å². The molecular formula is C26H36O2. The van der Waals surface area contributed by atoms with Gasteiger partial charge < -0.3 is 10.2 Å². The number of aliphatic hydroxyl groups excluding tert-OH is 1. The Bertz CT molecular complexity index is 750. The van der Waals surface area contributed by atoms with E-state index in [4.69, 9.17) is 0 Å². The first-order chi connectivity index (χ1) is 13.4. The molecule has 0 aromatic heterocycles. The predicted molar refractivity (Wildman–Crippen MR) is 112 cm³/mol. The molecule has 5 rings (SSSR count). The summed E-state index contributed by atoms with van der Waals surface area (Å²) >= 11 is 0. The van der Waals surface area contributed by atoms with Crippen LogP contribution in [0.2, 0.25) is 0 Å². The van der Waals surface area contributed by atoms with Crippen molar-refractivity contribution in [3.05, 3.63) is 23.8 Å². The van der Waals surface area contributed by atoms with Gasteiger partial charge in [0, 0.05) is 12.3 Å². The molecule has 28 heavy (non-hydrogen) atoms. The Hall–Kier alpha value is -1.04. The van der Waals surface area contributed by atoms with Crippen LogP contribution >= 0.6 is 0 Å². The predicted octanol–water partition coefficient (Wildman–Crippen LogP) is 4.87. The van der Waals surface area contributed by atoms with E-state index in [1.807, 2.05) is 0 Å². The zero-order chi connectivity index (χ0) is 19.5. The molecule has 0 aromatic rings. The number of allylic oxidation sites excluding steroid dienone is 1. The van der Waals surface area contributed by atoms with Crippen LogP contribution in [0.4, 0.5) is 0 Å². The highest BCUT2D eigenvalue weighted by Gasteiger charge is 2.56. The molecule has 7 atom stereocenters. The summed E-state index contributed by atoms with van der Waals surface area (Å²) in [6, 6.07) is 0. The molecule has 0 aliphatic heterocycles. The Morgan fingerprint density at radius 2 is 1.96 bits per heavy atom. The molecule has 2 N–H and O–H groups in total. The summed E-state index contributed by atoms with van der Waals surface area (Å²) in [5.74, 6) is 10.7. The second kappa shape index (κ2) is 6.75. The average molecular weight is 381 g/mol. The minimum atomic E-state index is -0.766. The fourth-order valence-electron chi connectivity index (χ4n) is 7.64. The van der Waals surface area contributed by atoms with E-state index in [0.717, 1.165) is 42.6 Å². The van der Waals surface area contributed by atoms with E-state index in [-0.39, 0.29) is 6.61 Å². The lowest BCUT2D eigenvalue weighted by molar-refractivity contribution is -0.0210. The maximum atomic E-state index is 11.0. The van der Waals surface area contributed by atoms with Crippen LogP contribution in [0.15, 0.2) is 23.8 Å². The molecule has 0 amide bonds. The summed E-state index contributed by atoms with van der Waals surface area (Å²) in [5.41, 5.74) is 2.14. The second-order valence-electron chi connectivity index (χ2n) is 10.8. The molecule has 0 heterocycles. The van der Waals surface area contributed by atoms with Crippen molar-refractivity contribution in [1.82, 2.24) is 0 Å². The van der Waals surface area contributed by atoms with Gasteiger partial charge in [-0.25, -0.2) is 0 Å². The lowest BCUT2D eigenvalue weighted by Crippen LogP contribution is -2.47. The molecule has 152 valence electrons. The van der Waals surface area contributed by atoms with Gasteiger partial charge in [0.25, 0.3) is 0 Å². The average Bonchev–Trinajstić information content (AvgIpc) is 3.45. The molecule has 5 aliphatic rings. The lowest BCUT2D eigenvalue weighted by Gasteiger charge is -2.54. The third kappa shape index (κ3) is 3.01. The van der Waals surface area contributed by atoms with Gasteiger partial charge in [-0.3, -0.25) is 0 Å². The van der Waals surface area contributed by atoms with Gasteiger partial charge in [0.05, 0.1) is 6.61 Å². The minimum Gasteiger partial charge on any atom is -0.392 e. The molecule has 5 aliphatic carbocycles. The minimum absolute atomic E-state index is 0.147. The van der Waals surface area contributed by atoms with Crippen molar-refractivity contribution >= 4 is 0 Å². The summed E-state index contributed by atoms with van der Waals surface area (Å²) < 4.78 is 0. The van der Waals surface area contributed by atoms with Gasteiger partial charge in [-0.15, -0.1) is 0 Å². The Balaban J connectivity index is 1.35. The van der Waals surface area contributed by atoms with E-state index < -0.39 is 5.60 Å². The third-order valence-corrected chi connectivity index (χ3v) is 9.29. The van der Waals surface area contributed by atoms with Crippen LogP contribution in [0.3, 0.4) is 0 Å². The number of hydrogen-bond donors (Lipinski definition) is 2. The van der Waals surface area contributed by atoms with E-state index in [0.29, 0.717) is 23.2 Å². The fourth-order valence-corrected chi connectivity index (χ4v) is 7.64. The topological polar surface area (TPSA) is 40.5 Å². The van der Waals surface area contributed by atoms with Crippen molar-refractivity contribution in [3.8, 4) is 11.8 Å². The first-order valence-electron chi connectivity index (χ1n) is 11.7. The molecule has 0 radical (unpaired) electrons. The standard InChI is InChI=1S/C26H36O2/c1-17(16-27)23-7-8-24-22-6-5-19-15-26(28,13-9-18-3-4-18)14-11-20(19)21(22)10-12-25(23,24)2/h5,18,20-24,27-28H,1,3-4,6-8,10-12,14-16H2,2H3/t20-,21+,22+,23+,24-,25+,26+/m0/s1. The van der Waals surface area contributed by atoms with Crippen LogP contribution in [0, 0.1) is 52.8 Å². The number of aliphatic hydroxyl groups is 2. The second-order valence-corrected chi connectivity index (χ2v) is 10.8. The maximum absolute atomic E-state index is 11.0. The van der Waals surface area contributed by atoms with Crippen LogP contribution in [0.25, 0.3) is 0 Å². The Morgan fingerprint density at radius 3 is 2.71 bits per heavy atom. The van der Waals surface area contributed by atoms with Crippen molar-refractivity contribution in [2.24, 2.45) is 40.9 Å². The van der Waals surface area contributed by atoms with Crippen LogP contribution in [0.5, 0.6) is 0 Å². The molecule has 4 saturated carbocycles. The zero-order valence-electron chi connectivity index (χ0n) is 17.4. The highest BCUT2D eigenvalue weighted by molar-refractivity contribution is 5.29.